The van der Waals surface area contributed by atoms with Crippen LogP contribution in [-0.2, 0) is 4.74 Å². The number of nitrogens with zero attached hydrogens (tertiary/aromatic N) is 3. The summed E-state index contributed by atoms with van der Waals surface area (Å²) < 4.78 is 5.02. The number of hydrogen-bond donors (Lipinski definition) is 1. The quantitative estimate of drug-likeness (QED) is 0.447. The van der Waals surface area contributed by atoms with Crippen LogP contribution >= 0.6 is 11.3 Å². The number of fused-ring (bicyclic) bond motifs is 1. The molecule has 4 aromatic rings. The maximum absolute atomic E-state index is 13.4. The van der Waals surface area contributed by atoms with Crippen molar-refractivity contribution in [2.45, 2.75) is 25.8 Å². The maximum Gasteiger partial charge on any atom is 0.357 e. The van der Waals surface area contributed by atoms with Gasteiger partial charge in [0.2, 0.25) is 0 Å². The number of amides is 1. The fourth-order valence-corrected chi connectivity index (χ4v) is 4.29. The van der Waals surface area contributed by atoms with Crippen molar-refractivity contribution in [1.82, 2.24) is 15.0 Å². The average molecular weight is 433 g/mol. The Balaban J connectivity index is 1.45. The monoisotopic (exact) mass is 432 g/mol. The molecule has 1 aliphatic rings. The van der Waals surface area contributed by atoms with Crippen molar-refractivity contribution < 1.29 is 14.3 Å². The molecule has 0 atom stereocenters. The molecule has 8 heteroatoms. The lowest BCUT2D eigenvalue weighted by molar-refractivity contribution is 0.0520. The Morgan fingerprint density at radius 3 is 2.71 bits per heavy atom. The summed E-state index contributed by atoms with van der Waals surface area (Å²) in [6.07, 6.45) is 1.84. The average Bonchev–Trinajstić information content (AvgIpc) is 3.33. The van der Waals surface area contributed by atoms with E-state index in [1.807, 2.05) is 42.5 Å². The van der Waals surface area contributed by atoms with E-state index in [9.17, 15) is 9.59 Å². The van der Waals surface area contributed by atoms with Crippen LogP contribution in [0.1, 0.15) is 40.6 Å². The minimum Gasteiger partial charge on any atom is -0.461 e. The molecule has 0 unspecified atom stereocenters. The zero-order chi connectivity index (χ0) is 21.4. The number of carbonyl (C=O) groups excluding carboxylic acids is 2. The summed E-state index contributed by atoms with van der Waals surface area (Å²) in [5.74, 6) is 0.156. The smallest absolute Gasteiger partial charge is 0.357 e. The number of hydrogen-bond acceptors (Lipinski definition) is 6. The van der Waals surface area contributed by atoms with Crippen molar-refractivity contribution in [3.8, 4) is 11.4 Å². The van der Waals surface area contributed by atoms with Crippen LogP contribution in [0.25, 0.3) is 22.4 Å². The summed E-state index contributed by atoms with van der Waals surface area (Å²) in [6.45, 7) is 2.03. The van der Waals surface area contributed by atoms with Crippen LogP contribution in [0.4, 0.5) is 5.13 Å². The van der Waals surface area contributed by atoms with Crippen LogP contribution in [0.2, 0.25) is 0 Å². The number of anilines is 1. The molecule has 2 aromatic carbocycles. The van der Waals surface area contributed by atoms with Crippen molar-refractivity contribution in [1.29, 1.82) is 0 Å². The van der Waals surface area contributed by atoms with Crippen LogP contribution in [0.5, 0.6) is 0 Å². The molecule has 1 N–H and O–H groups in total. The molecule has 1 amide bonds. The second-order valence-electron chi connectivity index (χ2n) is 7.33. The molecular weight excluding hydrogens is 412 g/mol. The first-order valence-electron chi connectivity index (χ1n) is 10.2. The van der Waals surface area contributed by atoms with Crippen molar-refractivity contribution in [2.75, 3.05) is 11.5 Å². The highest BCUT2D eigenvalue weighted by molar-refractivity contribution is 7.14. The van der Waals surface area contributed by atoms with Crippen LogP contribution < -0.4 is 4.90 Å². The molecule has 2 aromatic heterocycles. The molecule has 156 valence electrons. The lowest BCUT2D eigenvalue weighted by atomic mass is 10.1. The highest BCUT2D eigenvalue weighted by Gasteiger charge is 2.36. The highest BCUT2D eigenvalue weighted by Crippen LogP contribution is 2.35. The third kappa shape index (κ3) is 3.82. The third-order valence-corrected chi connectivity index (χ3v) is 5.93. The summed E-state index contributed by atoms with van der Waals surface area (Å²) in [5, 5.41) is 2.16. The van der Waals surface area contributed by atoms with E-state index in [0.29, 0.717) is 10.7 Å². The van der Waals surface area contributed by atoms with Gasteiger partial charge in [0.15, 0.2) is 10.8 Å². The van der Waals surface area contributed by atoms with E-state index in [1.165, 1.54) is 11.3 Å². The number of rotatable bonds is 6. The first-order valence-corrected chi connectivity index (χ1v) is 11.0. The van der Waals surface area contributed by atoms with Crippen molar-refractivity contribution >= 4 is 39.4 Å². The van der Waals surface area contributed by atoms with Gasteiger partial charge in [-0.1, -0.05) is 30.3 Å². The number of imidazole rings is 1. The van der Waals surface area contributed by atoms with E-state index < -0.39 is 5.97 Å². The van der Waals surface area contributed by atoms with Gasteiger partial charge in [0.05, 0.1) is 17.6 Å². The van der Waals surface area contributed by atoms with Gasteiger partial charge in [-0.3, -0.25) is 9.69 Å². The van der Waals surface area contributed by atoms with E-state index in [2.05, 4.69) is 15.0 Å². The summed E-state index contributed by atoms with van der Waals surface area (Å²) in [6, 6.07) is 15.4. The maximum atomic E-state index is 13.4. The molecule has 31 heavy (non-hydrogen) atoms. The highest BCUT2D eigenvalue weighted by atomic mass is 32.1. The molecule has 1 saturated carbocycles. The molecule has 0 bridgehead atoms. The Morgan fingerprint density at radius 1 is 1.16 bits per heavy atom. The van der Waals surface area contributed by atoms with E-state index in [-0.39, 0.29) is 24.2 Å². The molecule has 0 radical (unpaired) electrons. The molecule has 0 spiro atoms. The van der Waals surface area contributed by atoms with Gasteiger partial charge in [0.1, 0.15) is 5.82 Å². The van der Waals surface area contributed by atoms with Crippen molar-refractivity contribution in [3.63, 3.8) is 0 Å². The van der Waals surface area contributed by atoms with E-state index in [1.54, 1.807) is 23.3 Å². The lowest BCUT2D eigenvalue weighted by Gasteiger charge is -2.19. The molecule has 2 heterocycles. The number of esters is 1. The number of benzene rings is 2. The van der Waals surface area contributed by atoms with Crippen LogP contribution in [0.3, 0.4) is 0 Å². The van der Waals surface area contributed by atoms with Gasteiger partial charge in [0, 0.05) is 22.5 Å². The molecule has 0 aliphatic heterocycles. The molecule has 1 aliphatic carbocycles. The van der Waals surface area contributed by atoms with Gasteiger partial charge >= 0.3 is 5.97 Å². The molecular formula is C23H20N4O3S. The van der Waals surface area contributed by atoms with Crippen LogP contribution in [-0.4, -0.2) is 39.5 Å². The van der Waals surface area contributed by atoms with Gasteiger partial charge < -0.3 is 9.72 Å². The first kappa shape index (κ1) is 19.4. The van der Waals surface area contributed by atoms with E-state index in [0.717, 1.165) is 35.3 Å². The largest absolute Gasteiger partial charge is 0.461 e. The zero-order valence-electron chi connectivity index (χ0n) is 16.9. The predicted molar refractivity (Wildman–Crippen MR) is 119 cm³/mol. The first-order chi connectivity index (χ1) is 15.1. The second-order valence-corrected chi connectivity index (χ2v) is 8.16. The molecule has 0 saturated heterocycles. The van der Waals surface area contributed by atoms with Gasteiger partial charge in [-0.2, -0.15) is 0 Å². The predicted octanol–water partition coefficient (Wildman–Crippen LogP) is 4.67. The van der Waals surface area contributed by atoms with Crippen LogP contribution in [0.15, 0.2) is 53.9 Å². The summed E-state index contributed by atoms with van der Waals surface area (Å²) in [4.78, 5) is 39.4. The summed E-state index contributed by atoms with van der Waals surface area (Å²) >= 11 is 1.28. The van der Waals surface area contributed by atoms with Gasteiger partial charge in [-0.15, -0.1) is 11.3 Å². The Hall–Kier alpha value is -3.52. The van der Waals surface area contributed by atoms with Gasteiger partial charge in [0.25, 0.3) is 5.91 Å². The number of aromatic nitrogens is 3. The number of aromatic amines is 1. The number of thiazole rings is 1. The fourth-order valence-electron chi connectivity index (χ4n) is 3.43. The Kier molecular flexibility index (Phi) is 4.99. The SMILES string of the molecule is CCOC(=O)c1csc(N(C(=O)c2ccc3nc(-c4ccccc4)[nH]c3c2)C2CC2)n1. The molecule has 1 fully saturated rings. The number of nitrogens with one attached hydrogen (secondary N) is 1. The third-order valence-electron chi connectivity index (χ3n) is 5.09. The Labute approximate surface area is 182 Å². The normalized spacial score (nSPS) is 13.3. The van der Waals surface area contributed by atoms with E-state index in [4.69, 9.17) is 4.74 Å². The summed E-state index contributed by atoms with van der Waals surface area (Å²) in [7, 11) is 0. The molecule has 7 nitrogen and oxygen atoms in total. The summed E-state index contributed by atoms with van der Waals surface area (Å²) in [5.41, 5.74) is 3.37. The van der Waals surface area contributed by atoms with Gasteiger partial charge in [-0.25, -0.2) is 14.8 Å². The van der Waals surface area contributed by atoms with E-state index >= 15 is 0 Å². The Bertz CT molecular complexity index is 1260. The standard InChI is InChI=1S/C23H20N4O3S/c1-2-30-22(29)19-13-31-23(26-19)27(16-9-10-16)21(28)15-8-11-17-18(12-15)25-20(24-17)14-6-4-3-5-7-14/h3-8,11-13,16H,2,9-10H2,1H3,(H,24,25). The number of H-pyrrole nitrogens is 1. The minimum absolute atomic E-state index is 0.103. The molecule has 5 rings (SSSR count). The van der Waals surface area contributed by atoms with Crippen molar-refractivity contribution in [2.24, 2.45) is 0 Å². The zero-order valence-corrected chi connectivity index (χ0v) is 17.7. The number of carbonyl (C=O) groups is 2. The topological polar surface area (TPSA) is 88.2 Å². The van der Waals surface area contributed by atoms with Gasteiger partial charge in [-0.05, 0) is 38.0 Å². The lowest BCUT2D eigenvalue weighted by Crippen LogP contribution is -2.33. The van der Waals surface area contributed by atoms with Crippen molar-refractivity contribution in [3.05, 3.63) is 65.2 Å². The second kappa shape index (κ2) is 7.96. The minimum atomic E-state index is -0.472. The fraction of sp³-hybridized carbons (Fsp3) is 0.217. The Morgan fingerprint density at radius 2 is 1.97 bits per heavy atom. The number of ether oxygens (including phenoxy) is 1. The van der Waals surface area contributed by atoms with Crippen LogP contribution in [0, 0.1) is 0 Å².